The van der Waals surface area contributed by atoms with Crippen molar-refractivity contribution in [2.45, 2.75) is 19.9 Å². The quantitative estimate of drug-likeness (QED) is 0.544. The molecule has 0 atom stereocenters. The fourth-order valence-electron chi connectivity index (χ4n) is 3.11. The summed E-state index contributed by atoms with van der Waals surface area (Å²) in [6, 6.07) is 25.1. The molecular formula is C24H23NO2. The lowest BCUT2D eigenvalue weighted by Crippen LogP contribution is -2.31. The molecule has 0 spiro atoms. The van der Waals surface area contributed by atoms with Crippen molar-refractivity contribution in [1.82, 2.24) is 4.90 Å². The van der Waals surface area contributed by atoms with E-state index in [1.54, 1.807) is 0 Å². The number of aldehydes is 1. The van der Waals surface area contributed by atoms with E-state index in [0.29, 0.717) is 24.2 Å². The monoisotopic (exact) mass is 357 g/mol. The summed E-state index contributed by atoms with van der Waals surface area (Å²) in [5, 5.41) is 0. The molecule has 0 unspecified atom stereocenters. The van der Waals surface area contributed by atoms with Crippen LogP contribution in [0.5, 0.6) is 0 Å². The number of amides is 1. The first-order chi connectivity index (χ1) is 13.2. The maximum Gasteiger partial charge on any atom is 0.254 e. The molecule has 3 nitrogen and oxygen atoms in total. The third-order valence-electron chi connectivity index (χ3n) is 4.48. The van der Waals surface area contributed by atoms with E-state index in [1.165, 1.54) is 0 Å². The van der Waals surface area contributed by atoms with Crippen molar-refractivity contribution >= 4 is 12.2 Å². The van der Waals surface area contributed by atoms with Gasteiger partial charge in [-0.25, -0.2) is 0 Å². The third kappa shape index (κ3) is 4.70. The fourth-order valence-corrected chi connectivity index (χ4v) is 3.11. The van der Waals surface area contributed by atoms with E-state index in [1.807, 2.05) is 77.7 Å². The molecule has 0 aliphatic rings. The topological polar surface area (TPSA) is 37.4 Å². The van der Waals surface area contributed by atoms with Crippen molar-refractivity contribution < 1.29 is 9.59 Å². The fraction of sp³-hybridized carbons (Fsp3) is 0.167. The molecule has 0 N–H and O–H groups in total. The highest BCUT2D eigenvalue weighted by molar-refractivity contribution is 5.94. The molecule has 0 aliphatic heterocycles. The second-order valence-electron chi connectivity index (χ2n) is 6.53. The maximum atomic E-state index is 12.9. The number of rotatable bonds is 7. The lowest BCUT2D eigenvalue weighted by Gasteiger charge is -2.22. The minimum Gasteiger partial charge on any atom is -0.334 e. The van der Waals surface area contributed by atoms with Crippen molar-refractivity contribution in [1.29, 1.82) is 0 Å². The third-order valence-corrected chi connectivity index (χ3v) is 4.48. The summed E-state index contributed by atoms with van der Waals surface area (Å²) in [6.07, 6.45) is 1.75. The van der Waals surface area contributed by atoms with Crippen molar-refractivity contribution in [2.24, 2.45) is 0 Å². The molecule has 3 aromatic rings. The van der Waals surface area contributed by atoms with Gasteiger partial charge in [0.15, 0.2) is 0 Å². The molecule has 0 bridgehead atoms. The van der Waals surface area contributed by atoms with Crippen molar-refractivity contribution in [3.63, 3.8) is 0 Å². The number of nitrogens with zero attached hydrogens (tertiary/aromatic N) is 1. The van der Waals surface area contributed by atoms with E-state index in [-0.39, 0.29) is 5.91 Å². The van der Waals surface area contributed by atoms with Gasteiger partial charge in [0.05, 0.1) is 0 Å². The Morgan fingerprint density at radius 3 is 2.30 bits per heavy atom. The first-order valence-electron chi connectivity index (χ1n) is 9.20. The van der Waals surface area contributed by atoms with E-state index in [9.17, 15) is 9.59 Å². The minimum atomic E-state index is 0.0539. The largest absolute Gasteiger partial charge is 0.334 e. The highest BCUT2D eigenvalue weighted by Crippen LogP contribution is 2.22. The van der Waals surface area contributed by atoms with Gasteiger partial charge < -0.3 is 4.90 Å². The summed E-state index contributed by atoms with van der Waals surface area (Å²) in [6.45, 7) is 3.37. The van der Waals surface area contributed by atoms with Gasteiger partial charge in [-0.05, 0) is 41.3 Å². The first kappa shape index (κ1) is 18.6. The van der Waals surface area contributed by atoms with Crippen LogP contribution in [0.1, 0.15) is 39.6 Å². The highest BCUT2D eigenvalue weighted by atomic mass is 16.2. The molecule has 3 rings (SSSR count). The summed E-state index contributed by atoms with van der Waals surface area (Å²) < 4.78 is 0. The van der Waals surface area contributed by atoms with Gasteiger partial charge in [0, 0.05) is 24.2 Å². The van der Waals surface area contributed by atoms with Crippen LogP contribution in [0.2, 0.25) is 0 Å². The summed E-state index contributed by atoms with van der Waals surface area (Å²) in [7, 11) is 0. The Bertz CT molecular complexity index is 901. The lowest BCUT2D eigenvalue weighted by molar-refractivity contribution is 0.0743. The van der Waals surface area contributed by atoms with Crippen LogP contribution < -0.4 is 0 Å². The van der Waals surface area contributed by atoms with Crippen LogP contribution in [0.25, 0.3) is 11.1 Å². The average Bonchev–Trinajstić information content (AvgIpc) is 2.74. The summed E-state index contributed by atoms with van der Waals surface area (Å²) in [5.74, 6) is 0.0539. The van der Waals surface area contributed by atoms with Crippen LogP contribution in [-0.4, -0.2) is 23.6 Å². The second-order valence-corrected chi connectivity index (χ2v) is 6.53. The zero-order chi connectivity index (χ0) is 19.1. The van der Waals surface area contributed by atoms with Gasteiger partial charge in [-0.15, -0.1) is 0 Å². The predicted molar refractivity (Wildman–Crippen MR) is 109 cm³/mol. The molecule has 0 radical (unpaired) electrons. The molecule has 0 aliphatic carbocycles. The van der Waals surface area contributed by atoms with Crippen LogP contribution in [-0.2, 0) is 6.54 Å². The van der Waals surface area contributed by atoms with Gasteiger partial charge in [0.2, 0.25) is 0 Å². The maximum absolute atomic E-state index is 12.9. The number of benzene rings is 3. The molecule has 136 valence electrons. The molecule has 0 saturated heterocycles. The van der Waals surface area contributed by atoms with Gasteiger partial charge in [-0.3, -0.25) is 9.59 Å². The van der Waals surface area contributed by atoms with E-state index in [2.05, 4.69) is 13.0 Å². The van der Waals surface area contributed by atoms with E-state index >= 15 is 0 Å². The Morgan fingerprint density at radius 2 is 1.63 bits per heavy atom. The molecule has 1 amide bonds. The Labute approximate surface area is 160 Å². The van der Waals surface area contributed by atoms with Crippen LogP contribution in [0.4, 0.5) is 0 Å². The molecule has 3 aromatic carbocycles. The van der Waals surface area contributed by atoms with Crippen LogP contribution in [0.15, 0.2) is 78.9 Å². The van der Waals surface area contributed by atoms with Gasteiger partial charge in [-0.2, -0.15) is 0 Å². The smallest absolute Gasteiger partial charge is 0.254 e. The van der Waals surface area contributed by atoms with Crippen LogP contribution in [0.3, 0.4) is 0 Å². The molecular weight excluding hydrogens is 334 g/mol. The average molecular weight is 357 g/mol. The second kappa shape index (κ2) is 8.95. The number of carbonyl (C=O) groups is 2. The molecule has 0 saturated carbocycles. The number of hydrogen-bond acceptors (Lipinski definition) is 2. The molecule has 0 heterocycles. The molecule has 0 fully saturated rings. The summed E-state index contributed by atoms with van der Waals surface area (Å²) in [5.41, 5.74) is 4.60. The van der Waals surface area contributed by atoms with Crippen LogP contribution >= 0.6 is 0 Å². The Morgan fingerprint density at radius 1 is 0.889 bits per heavy atom. The SMILES string of the molecule is CCCN(Cc1cccc(-c2ccc(C=O)cc2)c1)C(=O)c1ccccc1. The normalized spacial score (nSPS) is 10.4. The molecule has 3 heteroatoms. The van der Waals surface area contributed by atoms with Gasteiger partial charge in [0.1, 0.15) is 6.29 Å². The zero-order valence-corrected chi connectivity index (χ0v) is 15.5. The number of hydrogen-bond donors (Lipinski definition) is 0. The van der Waals surface area contributed by atoms with Gasteiger partial charge in [-0.1, -0.05) is 67.6 Å². The van der Waals surface area contributed by atoms with Gasteiger partial charge in [0.25, 0.3) is 5.91 Å². The first-order valence-corrected chi connectivity index (χ1v) is 9.20. The molecule has 0 aromatic heterocycles. The summed E-state index contributed by atoms with van der Waals surface area (Å²) in [4.78, 5) is 25.6. The zero-order valence-electron chi connectivity index (χ0n) is 15.5. The van der Waals surface area contributed by atoms with E-state index in [4.69, 9.17) is 0 Å². The van der Waals surface area contributed by atoms with Crippen LogP contribution in [0, 0.1) is 0 Å². The summed E-state index contributed by atoms with van der Waals surface area (Å²) >= 11 is 0. The molecule has 27 heavy (non-hydrogen) atoms. The predicted octanol–water partition coefficient (Wildman–Crippen LogP) is 5.22. The minimum absolute atomic E-state index is 0.0539. The number of carbonyl (C=O) groups excluding carboxylic acids is 2. The van der Waals surface area contributed by atoms with E-state index < -0.39 is 0 Å². The highest BCUT2D eigenvalue weighted by Gasteiger charge is 2.15. The Kier molecular flexibility index (Phi) is 6.16. The Balaban J connectivity index is 1.82. The Hall–Kier alpha value is -3.20. The van der Waals surface area contributed by atoms with Crippen molar-refractivity contribution in [2.75, 3.05) is 6.54 Å². The van der Waals surface area contributed by atoms with E-state index in [0.717, 1.165) is 29.4 Å². The van der Waals surface area contributed by atoms with Gasteiger partial charge >= 0.3 is 0 Å². The van der Waals surface area contributed by atoms with Crippen molar-refractivity contribution in [3.8, 4) is 11.1 Å². The lowest BCUT2D eigenvalue weighted by atomic mass is 10.0. The standard InChI is InChI=1S/C24H23NO2/c1-2-15-25(24(27)22-8-4-3-5-9-22)17-20-7-6-10-23(16-20)21-13-11-19(18-26)12-14-21/h3-14,16,18H,2,15,17H2,1H3. The van der Waals surface area contributed by atoms with Crippen molar-refractivity contribution in [3.05, 3.63) is 95.6 Å².